The Balaban J connectivity index is 1.81. The van der Waals surface area contributed by atoms with Gasteiger partial charge in [-0.25, -0.2) is 0 Å². The minimum atomic E-state index is 0.0870. The van der Waals surface area contributed by atoms with Crippen LogP contribution in [0.25, 0.3) is 0 Å². The van der Waals surface area contributed by atoms with Gasteiger partial charge in [-0.2, -0.15) is 0 Å². The number of carbonyl (C=O) groups is 2. The lowest BCUT2D eigenvalue weighted by Gasteiger charge is -2.33. The highest BCUT2D eigenvalue weighted by Crippen LogP contribution is 2.14. The maximum Gasteiger partial charge on any atom is 0.242 e. The number of likely N-dealkylation sites (N-methyl/N-ethyl adjacent to an activating group) is 1. The number of nitrogens with zero attached hydrogens (tertiary/aromatic N) is 3. The first-order valence-electron chi connectivity index (χ1n) is 5.48. The summed E-state index contributed by atoms with van der Waals surface area (Å²) in [6.45, 7) is 3.67. The average Bonchev–Trinajstić information content (AvgIpc) is 2.65. The number of hydrogen-bond donors (Lipinski definition) is 0. The van der Waals surface area contributed by atoms with Crippen molar-refractivity contribution >= 4 is 23.6 Å². The Morgan fingerprint density at radius 1 is 1.31 bits per heavy atom. The van der Waals surface area contributed by atoms with Crippen LogP contribution in [0.15, 0.2) is 0 Å². The summed E-state index contributed by atoms with van der Waals surface area (Å²) in [4.78, 5) is 29.0. The van der Waals surface area contributed by atoms with Crippen molar-refractivity contribution in [1.82, 2.24) is 14.7 Å². The van der Waals surface area contributed by atoms with Gasteiger partial charge >= 0.3 is 0 Å². The average molecular weight is 243 g/mol. The summed E-state index contributed by atoms with van der Waals surface area (Å²) >= 11 is 1.58. The maximum atomic E-state index is 11.9. The van der Waals surface area contributed by atoms with Gasteiger partial charge in [-0.1, -0.05) is 0 Å². The highest BCUT2D eigenvalue weighted by Gasteiger charge is 2.26. The van der Waals surface area contributed by atoms with Gasteiger partial charge in [-0.3, -0.25) is 9.59 Å². The predicted molar refractivity (Wildman–Crippen MR) is 63.1 cm³/mol. The molecule has 0 aromatic heterocycles. The molecule has 2 fully saturated rings. The van der Waals surface area contributed by atoms with E-state index in [2.05, 4.69) is 11.9 Å². The van der Waals surface area contributed by atoms with E-state index in [-0.39, 0.29) is 18.4 Å². The van der Waals surface area contributed by atoms with E-state index in [4.69, 9.17) is 0 Å². The van der Waals surface area contributed by atoms with Crippen molar-refractivity contribution in [1.29, 1.82) is 0 Å². The Kier molecular flexibility index (Phi) is 3.70. The molecule has 90 valence electrons. The number of thioether (sulfide) groups is 1. The summed E-state index contributed by atoms with van der Waals surface area (Å²) in [7, 11) is 2.06. The molecule has 0 atom stereocenters. The molecule has 0 aromatic carbocycles. The van der Waals surface area contributed by atoms with Crippen LogP contribution in [0, 0.1) is 0 Å². The van der Waals surface area contributed by atoms with Crippen LogP contribution < -0.4 is 0 Å². The Morgan fingerprint density at radius 2 is 2.00 bits per heavy atom. The number of piperazine rings is 1. The zero-order chi connectivity index (χ0) is 11.5. The van der Waals surface area contributed by atoms with Gasteiger partial charge in [-0.05, 0) is 7.05 Å². The summed E-state index contributed by atoms with van der Waals surface area (Å²) in [5.41, 5.74) is 0. The summed E-state index contributed by atoms with van der Waals surface area (Å²) < 4.78 is 0. The fraction of sp³-hybridized carbons (Fsp3) is 0.800. The van der Waals surface area contributed by atoms with E-state index in [0.29, 0.717) is 11.6 Å². The van der Waals surface area contributed by atoms with E-state index in [1.165, 1.54) is 0 Å². The minimum Gasteiger partial charge on any atom is -0.339 e. The van der Waals surface area contributed by atoms with E-state index >= 15 is 0 Å². The maximum absolute atomic E-state index is 11.9. The van der Waals surface area contributed by atoms with Crippen molar-refractivity contribution in [2.45, 2.75) is 0 Å². The third-order valence-electron chi connectivity index (χ3n) is 3.01. The zero-order valence-electron chi connectivity index (χ0n) is 9.52. The highest BCUT2D eigenvalue weighted by molar-refractivity contribution is 8.00. The van der Waals surface area contributed by atoms with Crippen molar-refractivity contribution in [3.05, 3.63) is 0 Å². The lowest BCUT2D eigenvalue weighted by Crippen LogP contribution is -2.50. The molecule has 0 radical (unpaired) electrons. The second-order valence-electron chi connectivity index (χ2n) is 4.25. The lowest BCUT2D eigenvalue weighted by molar-refractivity contribution is -0.139. The first-order valence-corrected chi connectivity index (χ1v) is 6.64. The molecule has 0 N–H and O–H groups in total. The van der Waals surface area contributed by atoms with Crippen molar-refractivity contribution in [2.24, 2.45) is 0 Å². The molecule has 2 rings (SSSR count). The van der Waals surface area contributed by atoms with E-state index in [0.717, 1.165) is 26.2 Å². The zero-order valence-corrected chi connectivity index (χ0v) is 10.3. The summed E-state index contributed by atoms with van der Waals surface area (Å²) in [5, 5.41) is 0. The van der Waals surface area contributed by atoms with Crippen molar-refractivity contribution in [2.75, 3.05) is 51.4 Å². The smallest absolute Gasteiger partial charge is 0.242 e. The number of hydrogen-bond acceptors (Lipinski definition) is 4. The molecular weight excluding hydrogens is 226 g/mol. The molecule has 0 bridgehead atoms. The number of amides is 2. The second kappa shape index (κ2) is 5.05. The molecule has 2 amide bonds. The standard InChI is InChI=1S/C10H17N3O2S/c1-11-2-4-12(5-3-11)9(14)6-13-8-16-7-10(13)15/h2-8H2,1H3. The second-order valence-corrected chi connectivity index (χ2v) is 5.21. The third kappa shape index (κ3) is 2.68. The molecule has 0 saturated carbocycles. The molecule has 5 nitrogen and oxygen atoms in total. The molecule has 6 heteroatoms. The SMILES string of the molecule is CN1CCN(C(=O)CN2CSCC2=O)CC1. The molecule has 0 aromatic rings. The Bertz CT molecular complexity index is 290. The molecule has 0 spiro atoms. The Labute approximate surface area is 99.7 Å². The summed E-state index contributed by atoms with van der Waals surface area (Å²) in [6.07, 6.45) is 0. The topological polar surface area (TPSA) is 43.9 Å². The molecule has 16 heavy (non-hydrogen) atoms. The van der Waals surface area contributed by atoms with Gasteiger partial charge in [0.2, 0.25) is 11.8 Å². The van der Waals surface area contributed by atoms with E-state index in [1.54, 1.807) is 16.7 Å². The summed E-state index contributed by atoms with van der Waals surface area (Å²) in [5.74, 6) is 1.37. The Hall–Kier alpha value is -0.750. The molecule has 2 heterocycles. The normalized spacial score (nSPS) is 22.9. The van der Waals surface area contributed by atoms with Crippen LogP contribution in [0.4, 0.5) is 0 Å². The summed E-state index contributed by atoms with van der Waals surface area (Å²) in [6, 6.07) is 0. The van der Waals surface area contributed by atoms with Gasteiger partial charge in [-0.15, -0.1) is 11.8 Å². The van der Waals surface area contributed by atoms with Crippen LogP contribution in [-0.2, 0) is 9.59 Å². The van der Waals surface area contributed by atoms with E-state index in [9.17, 15) is 9.59 Å². The number of rotatable bonds is 2. The molecule has 2 aliphatic heterocycles. The quantitative estimate of drug-likeness (QED) is 0.643. The van der Waals surface area contributed by atoms with Gasteiger partial charge in [0.1, 0.15) is 6.54 Å². The molecule has 2 saturated heterocycles. The number of carbonyl (C=O) groups excluding carboxylic acids is 2. The van der Waals surface area contributed by atoms with Crippen LogP contribution in [0.5, 0.6) is 0 Å². The first-order chi connectivity index (χ1) is 7.66. The molecule has 0 aliphatic carbocycles. The molecular formula is C10H17N3O2S. The van der Waals surface area contributed by atoms with E-state index in [1.807, 2.05) is 4.90 Å². The van der Waals surface area contributed by atoms with Crippen LogP contribution >= 0.6 is 11.8 Å². The van der Waals surface area contributed by atoms with Gasteiger partial charge in [0.15, 0.2) is 0 Å². The molecule has 0 unspecified atom stereocenters. The minimum absolute atomic E-state index is 0.0870. The fourth-order valence-electron chi connectivity index (χ4n) is 1.86. The van der Waals surface area contributed by atoms with Gasteiger partial charge in [0.25, 0.3) is 0 Å². The van der Waals surface area contributed by atoms with E-state index < -0.39 is 0 Å². The van der Waals surface area contributed by atoms with Crippen LogP contribution in [0.2, 0.25) is 0 Å². The van der Waals surface area contributed by atoms with Gasteiger partial charge in [0.05, 0.1) is 11.6 Å². The monoisotopic (exact) mass is 243 g/mol. The van der Waals surface area contributed by atoms with Crippen molar-refractivity contribution in [3.8, 4) is 0 Å². The van der Waals surface area contributed by atoms with Crippen LogP contribution in [-0.4, -0.2) is 77.9 Å². The van der Waals surface area contributed by atoms with Crippen molar-refractivity contribution in [3.63, 3.8) is 0 Å². The largest absolute Gasteiger partial charge is 0.339 e. The highest BCUT2D eigenvalue weighted by atomic mass is 32.2. The van der Waals surface area contributed by atoms with Gasteiger partial charge < -0.3 is 14.7 Å². The molecule has 2 aliphatic rings. The fourth-order valence-corrected chi connectivity index (χ4v) is 2.76. The first kappa shape index (κ1) is 11.7. The van der Waals surface area contributed by atoms with Crippen LogP contribution in [0.1, 0.15) is 0 Å². The van der Waals surface area contributed by atoms with Gasteiger partial charge in [0, 0.05) is 26.2 Å². The Morgan fingerprint density at radius 3 is 2.56 bits per heavy atom. The predicted octanol–water partition coefficient (Wildman–Crippen LogP) is -0.707. The lowest BCUT2D eigenvalue weighted by atomic mass is 10.3. The third-order valence-corrected chi connectivity index (χ3v) is 3.95. The van der Waals surface area contributed by atoms with Crippen molar-refractivity contribution < 1.29 is 9.59 Å². The van der Waals surface area contributed by atoms with Crippen LogP contribution in [0.3, 0.4) is 0 Å².